The van der Waals surface area contributed by atoms with E-state index in [4.69, 9.17) is 4.74 Å². The van der Waals surface area contributed by atoms with E-state index in [-0.39, 0.29) is 5.91 Å². The topological polar surface area (TPSA) is 88.2 Å². The number of ether oxygens (including phenoxy) is 1. The number of nitrogens with one attached hydrogen (secondary N) is 3. The Morgan fingerprint density at radius 1 is 1.07 bits per heavy atom. The molecule has 0 fully saturated rings. The Balaban J connectivity index is 1.54. The second kappa shape index (κ2) is 7.56. The number of fused-ring (bicyclic) bond motifs is 1. The van der Waals surface area contributed by atoms with Crippen LogP contribution in [0.25, 0.3) is 0 Å². The van der Waals surface area contributed by atoms with Gasteiger partial charge in [0, 0.05) is 41.3 Å². The summed E-state index contributed by atoms with van der Waals surface area (Å²) in [6.45, 7) is 1.95. The standard InChI is InChI=1S/C21H21N5O2/c1-13-12-22-21(26-20(13)23-15-4-3-5-17(11-15)28-2)24-16-7-8-18-14(10-16)6-9-19(27)25-18/h3-5,7-8,10-12H,6,9H2,1-2H3,(H,25,27)(H2,22,23,24,26). The number of aryl methyl sites for hydroxylation is 2. The molecule has 1 amide bonds. The molecule has 28 heavy (non-hydrogen) atoms. The van der Waals surface area contributed by atoms with Crippen molar-refractivity contribution in [1.82, 2.24) is 9.97 Å². The predicted molar refractivity (Wildman–Crippen MR) is 110 cm³/mol. The Labute approximate surface area is 163 Å². The SMILES string of the molecule is COc1cccc(Nc2nc(Nc3ccc4c(c3)CCC(=O)N4)ncc2C)c1. The van der Waals surface area contributed by atoms with Gasteiger partial charge in [-0.05, 0) is 49.2 Å². The summed E-state index contributed by atoms with van der Waals surface area (Å²) < 4.78 is 5.27. The Morgan fingerprint density at radius 3 is 2.79 bits per heavy atom. The first-order chi connectivity index (χ1) is 13.6. The Morgan fingerprint density at radius 2 is 1.93 bits per heavy atom. The fourth-order valence-corrected chi connectivity index (χ4v) is 3.06. The normalized spacial score (nSPS) is 12.7. The van der Waals surface area contributed by atoms with Gasteiger partial charge in [-0.15, -0.1) is 0 Å². The van der Waals surface area contributed by atoms with Crippen molar-refractivity contribution in [2.45, 2.75) is 19.8 Å². The van der Waals surface area contributed by atoms with Crippen molar-refractivity contribution in [3.63, 3.8) is 0 Å². The Bertz CT molecular complexity index is 1040. The molecular formula is C21H21N5O2. The highest BCUT2D eigenvalue weighted by molar-refractivity contribution is 5.94. The zero-order chi connectivity index (χ0) is 19.5. The number of nitrogens with zero attached hydrogens (tertiary/aromatic N) is 2. The van der Waals surface area contributed by atoms with E-state index >= 15 is 0 Å². The third kappa shape index (κ3) is 3.88. The van der Waals surface area contributed by atoms with Crippen LogP contribution in [0, 0.1) is 6.92 Å². The molecule has 0 atom stereocenters. The van der Waals surface area contributed by atoms with E-state index in [1.165, 1.54) is 0 Å². The highest BCUT2D eigenvalue weighted by Gasteiger charge is 2.15. The van der Waals surface area contributed by atoms with Gasteiger partial charge in [0.05, 0.1) is 7.11 Å². The molecule has 2 aromatic carbocycles. The van der Waals surface area contributed by atoms with E-state index in [1.807, 2.05) is 49.4 Å². The molecule has 3 aromatic rings. The number of hydrogen-bond acceptors (Lipinski definition) is 6. The van der Waals surface area contributed by atoms with Crippen LogP contribution in [0.3, 0.4) is 0 Å². The number of benzene rings is 2. The molecular weight excluding hydrogens is 354 g/mol. The molecule has 142 valence electrons. The van der Waals surface area contributed by atoms with Crippen LogP contribution in [0.1, 0.15) is 17.5 Å². The predicted octanol–water partition coefficient (Wildman–Crippen LogP) is 4.17. The molecule has 0 radical (unpaired) electrons. The molecule has 0 unspecified atom stereocenters. The van der Waals surface area contributed by atoms with E-state index in [0.29, 0.717) is 12.4 Å². The highest BCUT2D eigenvalue weighted by Crippen LogP contribution is 2.28. The quantitative estimate of drug-likeness (QED) is 0.620. The first-order valence-electron chi connectivity index (χ1n) is 9.05. The summed E-state index contributed by atoms with van der Waals surface area (Å²) in [5.41, 5.74) is 4.67. The van der Waals surface area contributed by atoms with Crippen LogP contribution in [0.15, 0.2) is 48.7 Å². The summed E-state index contributed by atoms with van der Waals surface area (Å²) in [4.78, 5) is 20.5. The van der Waals surface area contributed by atoms with Gasteiger partial charge < -0.3 is 20.7 Å². The van der Waals surface area contributed by atoms with E-state index in [1.54, 1.807) is 13.3 Å². The van der Waals surface area contributed by atoms with Crippen molar-refractivity contribution in [3.05, 3.63) is 59.8 Å². The van der Waals surface area contributed by atoms with Gasteiger partial charge in [-0.2, -0.15) is 4.98 Å². The molecule has 3 N–H and O–H groups in total. The number of methoxy groups -OCH3 is 1. The van der Waals surface area contributed by atoms with Crippen LogP contribution in [-0.2, 0) is 11.2 Å². The van der Waals surface area contributed by atoms with Crippen molar-refractivity contribution in [2.75, 3.05) is 23.1 Å². The van der Waals surface area contributed by atoms with E-state index < -0.39 is 0 Å². The summed E-state index contributed by atoms with van der Waals surface area (Å²) in [5, 5.41) is 9.44. The molecule has 2 heterocycles. The van der Waals surface area contributed by atoms with Crippen molar-refractivity contribution >= 4 is 34.7 Å². The molecule has 0 aliphatic carbocycles. The number of carbonyl (C=O) groups is 1. The fraction of sp³-hybridized carbons (Fsp3) is 0.190. The van der Waals surface area contributed by atoms with E-state index in [0.717, 1.165) is 46.2 Å². The van der Waals surface area contributed by atoms with Crippen molar-refractivity contribution in [2.24, 2.45) is 0 Å². The van der Waals surface area contributed by atoms with Gasteiger partial charge in [0.25, 0.3) is 0 Å². The van der Waals surface area contributed by atoms with Crippen LogP contribution in [0.4, 0.5) is 28.8 Å². The first kappa shape index (κ1) is 17.8. The smallest absolute Gasteiger partial charge is 0.229 e. The third-order valence-electron chi connectivity index (χ3n) is 4.56. The largest absolute Gasteiger partial charge is 0.497 e. The monoisotopic (exact) mass is 375 g/mol. The number of aromatic nitrogens is 2. The Hall–Kier alpha value is -3.61. The molecule has 1 aliphatic heterocycles. The lowest BCUT2D eigenvalue weighted by molar-refractivity contribution is -0.116. The zero-order valence-electron chi connectivity index (χ0n) is 15.7. The van der Waals surface area contributed by atoms with Gasteiger partial charge in [0.2, 0.25) is 11.9 Å². The molecule has 7 heteroatoms. The molecule has 1 aliphatic rings. The van der Waals surface area contributed by atoms with E-state index in [2.05, 4.69) is 25.9 Å². The summed E-state index contributed by atoms with van der Waals surface area (Å²) in [6.07, 6.45) is 3.01. The molecule has 7 nitrogen and oxygen atoms in total. The van der Waals surface area contributed by atoms with Crippen LogP contribution < -0.4 is 20.7 Å². The Kier molecular flexibility index (Phi) is 4.80. The minimum absolute atomic E-state index is 0.0586. The molecule has 0 bridgehead atoms. The fourth-order valence-electron chi connectivity index (χ4n) is 3.06. The van der Waals surface area contributed by atoms with Crippen molar-refractivity contribution < 1.29 is 9.53 Å². The minimum Gasteiger partial charge on any atom is -0.497 e. The maximum Gasteiger partial charge on any atom is 0.229 e. The van der Waals surface area contributed by atoms with Gasteiger partial charge in [-0.3, -0.25) is 4.79 Å². The van der Waals surface area contributed by atoms with Crippen LogP contribution in [-0.4, -0.2) is 23.0 Å². The summed E-state index contributed by atoms with van der Waals surface area (Å²) in [5.74, 6) is 2.05. The molecule has 0 saturated carbocycles. The number of hydrogen-bond donors (Lipinski definition) is 3. The molecule has 0 spiro atoms. The molecule has 0 saturated heterocycles. The van der Waals surface area contributed by atoms with Gasteiger partial charge >= 0.3 is 0 Å². The highest BCUT2D eigenvalue weighted by atomic mass is 16.5. The number of rotatable bonds is 5. The van der Waals surface area contributed by atoms with Crippen molar-refractivity contribution in [1.29, 1.82) is 0 Å². The second-order valence-electron chi connectivity index (χ2n) is 6.63. The van der Waals surface area contributed by atoms with Crippen LogP contribution in [0.2, 0.25) is 0 Å². The lowest BCUT2D eigenvalue weighted by Gasteiger charge is -2.18. The van der Waals surface area contributed by atoms with Gasteiger partial charge in [-0.25, -0.2) is 4.98 Å². The van der Waals surface area contributed by atoms with Gasteiger partial charge in [0.15, 0.2) is 0 Å². The van der Waals surface area contributed by atoms with Gasteiger partial charge in [-0.1, -0.05) is 6.07 Å². The minimum atomic E-state index is 0.0586. The summed E-state index contributed by atoms with van der Waals surface area (Å²) in [6, 6.07) is 13.5. The third-order valence-corrected chi connectivity index (χ3v) is 4.56. The summed E-state index contributed by atoms with van der Waals surface area (Å²) >= 11 is 0. The van der Waals surface area contributed by atoms with E-state index in [9.17, 15) is 4.79 Å². The number of anilines is 5. The summed E-state index contributed by atoms with van der Waals surface area (Å²) in [7, 11) is 1.64. The maximum atomic E-state index is 11.5. The zero-order valence-corrected chi connectivity index (χ0v) is 15.7. The lowest BCUT2D eigenvalue weighted by Crippen LogP contribution is -2.18. The second-order valence-corrected chi connectivity index (χ2v) is 6.63. The maximum absolute atomic E-state index is 11.5. The number of amides is 1. The lowest BCUT2D eigenvalue weighted by atomic mass is 10.0. The average Bonchev–Trinajstić information content (AvgIpc) is 2.71. The van der Waals surface area contributed by atoms with Crippen LogP contribution in [0.5, 0.6) is 5.75 Å². The first-order valence-corrected chi connectivity index (χ1v) is 9.05. The molecule has 4 rings (SSSR count). The molecule has 1 aromatic heterocycles. The van der Waals surface area contributed by atoms with Crippen LogP contribution >= 0.6 is 0 Å². The number of carbonyl (C=O) groups excluding carboxylic acids is 1. The van der Waals surface area contributed by atoms with Crippen molar-refractivity contribution in [3.8, 4) is 5.75 Å². The average molecular weight is 375 g/mol. The van der Waals surface area contributed by atoms with Gasteiger partial charge in [0.1, 0.15) is 11.6 Å².